The van der Waals surface area contributed by atoms with Crippen LogP contribution in [0.4, 0.5) is 0 Å². The summed E-state index contributed by atoms with van der Waals surface area (Å²) in [6.45, 7) is 5.08. The summed E-state index contributed by atoms with van der Waals surface area (Å²) in [7, 11) is -1.79. The van der Waals surface area contributed by atoms with Gasteiger partial charge >= 0.3 is 0 Å². The Hall–Kier alpha value is -1.71. The first kappa shape index (κ1) is 15.7. The molecule has 21 heavy (non-hydrogen) atoms. The predicted molar refractivity (Wildman–Crippen MR) is 75.9 cm³/mol. The number of aryl methyl sites for hydroxylation is 2. The Labute approximate surface area is 123 Å². The highest BCUT2D eigenvalue weighted by Gasteiger charge is 2.18. The van der Waals surface area contributed by atoms with Crippen molar-refractivity contribution in [2.45, 2.75) is 31.8 Å². The summed E-state index contributed by atoms with van der Waals surface area (Å²) >= 11 is 0. The van der Waals surface area contributed by atoms with E-state index in [2.05, 4.69) is 20.2 Å². The molecule has 116 valence electrons. The van der Waals surface area contributed by atoms with Crippen LogP contribution < -0.4 is 10.0 Å². The van der Waals surface area contributed by atoms with E-state index in [-0.39, 0.29) is 17.3 Å². The molecule has 0 radical (unpaired) electrons. The molecule has 0 unspecified atom stereocenters. The Morgan fingerprint density at radius 1 is 1.38 bits per heavy atom. The number of aromatic nitrogens is 3. The molecule has 2 heterocycles. The van der Waals surface area contributed by atoms with E-state index in [0.717, 1.165) is 12.2 Å². The third-order valence-electron chi connectivity index (χ3n) is 2.93. The van der Waals surface area contributed by atoms with Gasteiger partial charge in [-0.15, -0.1) is 0 Å². The van der Waals surface area contributed by atoms with E-state index < -0.39 is 10.0 Å². The summed E-state index contributed by atoms with van der Waals surface area (Å²) < 4.78 is 33.5. The number of nitrogens with zero attached hydrogens (tertiary/aromatic N) is 3. The summed E-state index contributed by atoms with van der Waals surface area (Å²) in [5, 5.41) is 6.77. The first-order chi connectivity index (χ1) is 9.92. The van der Waals surface area contributed by atoms with Crippen LogP contribution in [0.2, 0.25) is 0 Å². The Bertz CT molecular complexity index is 704. The lowest BCUT2D eigenvalue weighted by Crippen LogP contribution is -2.23. The minimum atomic E-state index is -3.60. The zero-order chi connectivity index (χ0) is 15.5. The van der Waals surface area contributed by atoms with Gasteiger partial charge in [0.1, 0.15) is 0 Å². The normalized spacial score (nSPS) is 12.0. The molecule has 2 N–H and O–H groups in total. The third kappa shape index (κ3) is 3.90. The number of sulfonamides is 1. The first-order valence-electron chi connectivity index (χ1n) is 6.57. The van der Waals surface area contributed by atoms with Gasteiger partial charge in [0, 0.05) is 25.5 Å². The number of hydrogen-bond acceptors (Lipinski definition) is 6. The van der Waals surface area contributed by atoms with Crippen LogP contribution in [0.15, 0.2) is 21.7 Å². The van der Waals surface area contributed by atoms with Crippen molar-refractivity contribution in [3.05, 3.63) is 29.7 Å². The van der Waals surface area contributed by atoms with Gasteiger partial charge < -0.3 is 14.4 Å². The van der Waals surface area contributed by atoms with Crippen molar-refractivity contribution in [1.29, 1.82) is 0 Å². The Balaban J connectivity index is 2.08. The zero-order valence-corrected chi connectivity index (χ0v) is 13.1. The number of hydrogen-bond donors (Lipinski definition) is 2. The van der Waals surface area contributed by atoms with Crippen molar-refractivity contribution in [3.8, 4) is 0 Å². The largest absolute Gasteiger partial charge is 0.352 e. The van der Waals surface area contributed by atoms with Crippen molar-refractivity contribution in [1.82, 2.24) is 24.7 Å². The van der Waals surface area contributed by atoms with Gasteiger partial charge in [0.05, 0.1) is 11.4 Å². The van der Waals surface area contributed by atoms with Crippen molar-refractivity contribution in [2.24, 2.45) is 7.05 Å². The van der Waals surface area contributed by atoms with Gasteiger partial charge in [0.25, 0.3) is 0 Å². The first-order valence-corrected chi connectivity index (χ1v) is 8.05. The molecule has 2 rings (SSSR count). The average Bonchev–Trinajstić information content (AvgIpc) is 3.01. The smallest absolute Gasteiger partial charge is 0.242 e. The van der Waals surface area contributed by atoms with Gasteiger partial charge in [-0.3, -0.25) is 0 Å². The maximum atomic E-state index is 12.2. The zero-order valence-electron chi connectivity index (χ0n) is 12.3. The molecule has 0 aromatic carbocycles. The maximum absolute atomic E-state index is 12.2. The van der Waals surface area contributed by atoms with Gasteiger partial charge in [-0.1, -0.05) is 12.1 Å². The average molecular weight is 313 g/mol. The van der Waals surface area contributed by atoms with Crippen molar-refractivity contribution < 1.29 is 12.9 Å². The molecule has 9 heteroatoms. The van der Waals surface area contributed by atoms with Gasteiger partial charge in [-0.05, 0) is 19.5 Å². The molecule has 2 aromatic heterocycles. The predicted octanol–water partition coefficient (Wildman–Crippen LogP) is 0.305. The molecule has 0 saturated heterocycles. The van der Waals surface area contributed by atoms with Crippen molar-refractivity contribution in [3.63, 3.8) is 0 Å². The van der Waals surface area contributed by atoms with Crippen molar-refractivity contribution in [2.75, 3.05) is 6.54 Å². The van der Waals surface area contributed by atoms with Gasteiger partial charge in [-0.25, -0.2) is 13.1 Å². The molecule has 8 nitrogen and oxygen atoms in total. The fourth-order valence-corrected chi connectivity index (χ4v) is 2.87. The summed E-state index contributed by atoms with van der Waals surface area (Å²) in [6, 6.07) is 1.64. The van der Waals surface area contributed by atoms with Crippen LogP contribution in [0, 0.1) is 6.92 Å². The van der Waals surface area contributed by atoms with E-state index in [4.69, 9.17) is 4.52 Å². The Morgan fingerprint density at radius 2 is 2.14 bits per heavy atom. The fourth-order valence-electron chi connectivity index (χ4n) is 1.80. The summed E-state index contributed by atoms with van der Waals surface area (Å²) in [5.74, 6) is 0.705. The highest BCUT2D eigenvalue weighted by Crippen LogP contribution is 2.13. The van der Waals surface area contributed by atoms with Gasteiger partial charge in [0.15, 0.2) is 5.82 Å². The molecule has 0 atom stereocenters. The van der Waals surface area contributed by atoms with Crippen LogP contribution in [0.25, 0.3) is 0 Å². The SMILES string of the molecule is CCNCc1cc(S(=O)(=O)NCc2nc(C)no2)cn1C. The van der Waals surface area contributed by atoms with E-state index in [9.17, 15) is 8.42 Å². The van der Waals surface area contributed by atoms with Crippen LogP contribution in [0.1, 0.15) is 24.3 Å². The monoisotopic (exact) mass is 313 g/mol. The van der Waals surface area contributed by atoms with Crippen LogP contribution in [0.5, 0.6) is 0 Å². The second-order valence-corrected chi connectivity index (χ2v) is 6.39. The molecular weight excluding hydrogens is 294 g/mol. The minimum absolute atomic E-state index is 0.0272. The van der Waals surface area contributed by atoms with E-state index in [1.165, 1.54) is 0 Å². The van der Waals surface area contributed by atoms with Crippen molar-refractivity contribution >= 4 is 10.0 Å². The number of rotatable bonds is 7. The van der Waals surface area contributed by atoms with E-state index >= 15 is 0 Å². The molecule has 0 aliphatic heterocycles. The molecule has 0 bridgehead atoms. The lowest BCUT2D eigenvalue weighted by atomic mass is 10.4. The van der Waals surface area contributed by atoms with Crippen LogP contribution >= 0.6 is 0 Å². The van der Waals surface area contributed by atoms with E-state index in [1.54, 1.807) is 23.8 Å². The van der Waals surface area contributed by atoms with Crippen LogP contribution in [-0.4, -0.2) is 29.7 Å². The fraction of sp³-hybridized carbons (Fsp3) is 0.500. The quantitative estimate of drug-likeness (QED) is 0.762. The van der Waals surface area contributed by atoms with Gasteiger partial charge in [0.2, 0.25) is 15.9 Å². The molecule has 0 aliphatic carbocycles. The Morgan fingerprint density at radius 3 is 2.76 bits per heavy atom. The van der Waals surface area contributed by atoms with Crippen LogP contribution in [-0.2, 0) is 30.2 Å². The third-order valence-corrected chi connectivity index (χ3v) is 4.30. The topological polar surface area (TPSA) is 102 Å². The highest BCUT2D eigenvalue weighted by molar-refractivity contribution is 7.89. The molecular formula is C12H19N5O3S. The summed E-state index contributed by atoms with van der Waals surface area (Å²) in [6.07, 6.45) is 1.58. The lowest BCUT2D eigenvalue weighted by Gasteiger charge is -2.01. The molecule has 0 spiro atoms. The van der Waals surface area contributed by atoms with E-state index in [1.807, 2.05) is 14.0 Å². The molecule has 0 amide bonds. The minimum Gasteiger partial charge on any atom is -0.352 e. The summed E-state index contributed by atoms with van der Waals surface area (Å²) in [4.78, 5) is 4.17. The second-order valence-electron chi connectivity index (χ2n) is 4.62. The second kappa shape index (κ2) is 6.37. The Kier molecular flexibility index (Phi) is 4.76. The van der Waals surface area contributed by atoms with Crippen LogP contribution in [0.3, 0.4) is 0 Å². The van der Waals surface area contributed by atoms with E-state index in [0.29, 0.717) is 12.4 Å². The standard InChI is InChI=1S/C12H19N5O3S/c1-4-13-6-10-5-11(8-17(10)3)21(18,19)14-7-12-15-9(2)16-20-12/h5,8,13-14H,4,6-7H2,1-3H3. The molecule has 0 saturated carbocycles. The molecule has 0 aliphatic rings. The summed E-state index contributed by atoms with van der Waals surface area (Å²) in [5.41, 5.74) is 0.894. The lowest BCUT2D eigenvalue weighted by molar-refractivity contribution is 0.372. The highest BCUT2D eigenvalue weighted by atomic mass is 32.2. The van der Waals surface area contributed by atoms with Gasteiger partial charge in [-0.2, -0.15) is 4.98 Å². The maximum Gasteiger partial charge on any atom is 0.242 e. The number of nitrogens with one attached hydrogen (secondary N) is 2. The molecule has 0 fully saturated rings. The molecule has 2 aromatic rings.